The Morgan fingerprint density at radius 3 is 1.06 bits per heavy atom. The Morgan fingerprint density at radius 2 is 0.694 bits per heavy atom. The van der Waals surface area contributed by atoms with Crippen molar-refractivity contribution in [3.63, 3.8) is 0 Å². The van der Waals surface area contributed by atoms with Gasteiger partial charge in [0.1, 0.15) is 6.61 Å². The number of aliphatic hydroxyl groups excluding tert-OH is 1. The standard InChI is InChI=1S/C57H100O5/c1-3-5-7-9-11-13-15-17-19-20-21-22-23-24-25-26-27-28-29-30-31-32-33-34-35-36-38-40-42-44-46-48-50-52-57(60)62-55(53-58)54-61-56(59)51-49-47-45-43-41-39-37-18-16-14-12-10-8-6-4-2/h5,7,11,13,17-19,21-22,24-25,37,55,58H,3-4,6,8-10,12,14-16,20,23,26-36,38-54H2,1-2H3/b7-5-,13-11-,19-17-,22-21-,25-24-,37-18-. The van der Waals surface area contributed by atoms with Crippen LogP contribution in [0.2, 0.25) is 0 Å². The van der Waals surface area contributed by atoms with Crippen LogP contribution >= 0.6 is 0 Å². The van der Waals surface area contributed by atoms with Crippen molar-refractivity contribution in [2.24, 2.45) is 0 Å². The van der Waals surface area contributed by atoms with E-state index in [0.29, 0.717) is 12.8 Å². The quantitative estimate of drug-likeness (QED) is 0.0375. The van der Waals surface area contributed by atoms with Crippen LogP contribution in [-0.4, -0.2) is 36.4 Å². The van der Waals surface area contributed by atoms with Gasteiger partial charge in [0.15, 0.2) is 6.10 Å². The zero-order chi connectivity index (χ0) is 44.9. The lowest BCUT2D eigenvalue weighted by Crippen LogP contribution is -2.28. The van der Waals surface area contributed by atoms with Gasteiger partial charge in [-0.05, 0) is 83.5 Å². The molecule has 5 nitrogen and oxygen atoms in total. The van der Waals surface area contributed by atoms with Crippen LogP contribution in [0.3, 0.4) is 0 Å². The van der Waals surface area contributed by atoms with Crippen LogP contribution < -0.4 is 0 Å². The maximum atomic E-state index is 12.3. The maximum absolute atomic E-state index is 12.3. The highest BCUT2D eigenvalue weighted by Crippen LogP contribution is 2.16. The highest BCUT2D eigenvalue weighted by molar-refractivity contribution is 5.70. The van der Waals surface area contributed by atoms with Crippen molar-refractivity contribution >= 4 is 11.9 Å². The van der Waals surface area contributed by atoms with Gasteiger partial charge in [-0.1, -0.05) is 234 Å². The average Bonchev–Trinajstić information content (AvgIpc) is 3.28. The molecule has 0 amide bonds. The van der Waals surface area contributed by atoms with Gasteiger partial charge in [0.25, 0.3) is 0 Å². The van der Waals surface area contributed by atoms with Gasteiger partial charge in [-0.3, -0.25) is 9.59 Å². The zero-order valence-corrected chi connectivity index (χ0v) is 40.9. The molecule has 62 heavy (non-hydrogen) atoms. The largest absolute Gasteiger partial charge is 0.462 e. The minimum Gasteiger partial charge on any atom is -0.462 e. The molecule has 0 aliphatic rings. The van der Waals surface area contributed by atoms with Gasteiger partial charge in [-0.25, -0.2) is 0 Å². The Bertz CT molecular complexity index is 1110. The Balaban J connectivity index is 3.47. The van der Waals surface area contributed by atoms with Crippen molar-refractivity contribution in [3.8, 4) is 0 Å². The smallest absolute Gasteiger partial charge is 0.306 e. The fourth-order valence-corrected chi connectivity index (χ4v) is 7.52. The lowest BCUT2D eigenvalue weighted by Gasteiger charge is -2.15. The second-order valence-electron chi connectivity index (χ2n) is 17.6. The molecule has 1 atom stereocenters. The van der Waals surface area contributed by atoms with Crippen LogP contribution in [-0.2, 0) is 19.1 Å². The molecule has 0 heterocycles. The predicted octanol–water partition coefficient (Wildman–Crippen LogP) is 17.6. The molecule has 0 saturated heterocycles. The third-order valence-corrected chi connectivity index (χ3v) is 11.5. The first-order valence-corrected chi connectivity index (χ1v) is 26.5. The third-order valence-electron chi connectivity index (χ3n) is 11.5. The molecular formula is C57H100O5. The normalized spacial score (nSPS) is 12.8. The number of unbranched alkanes of at least 4 members (excludes halogenated alkanes) is 28. The molecule has 0 rings (SSSR count). The number of rotatable bonds is 48. The van der Waals surface area contributed by atoms with E-state index < -0.39 is 6.10 Å². The van der Waals surface area contributed by atoms with Gasteiger partial charge in [-0.15, -0.1) is 0 Å². The fraction of sp³-hybridized carbons (Fsp3) is 0.754. The molecule has 0 radical (unpaired) electrons. The molecule has 0 spiro atoms. The number of hydrogen-bond acceptors (Lipinski definition) is 5. The maximum Gasteiger partial charge on any atom is 0.306 e. The van der Waals surface area contributed by atoms with Crippen LogP contribution in [0.4, 0.5) is 0 Å². The van der Waals surface area contributed by atoms with E-state index in [1.54, 1.807) is 0 Å². The van der Waals surface area contributed by atoms with E-state index in [9.17, 15) is 14.7 Å². The fourth-order valence-electron chi connectivity index (χ4n) is 7.52. The first kappa shape index (κ1) is 59.3. The van der Waals surface area contributed by atoms with E-state index in [2.05, 4.69) is 86.8 Å². The van der Waals surface area contributed by atoms with Crippen molar-refractivity contribution in [1.29, 1.82) is 0 Å². The summed E-state index contributed by atoms with van der Waals surface area (Å²) in [6.45, 7) is 4.03. The van der Waals surface area contributed by atoms with Crippen molar-refractivity contribution in [1.82, 2.24) is 0 Å². The van der Waals surface area contributed by atoms with Crippen molar-refractivity contribution in [3.05, 3.63) is 72.9 Å². The highest BCUT2D eigenvalue weighted by Gasteiger charge is 2.16. The zero-order valence-electron chi connectivity index (χ0n) is 40.9. The van der Waals surface area contributed by atoms with Crippen LogP contribution in [0.5, 0.6) is 0 Å². The number of carbonyl (C=O) groups excluding carboxylic acids is 2. The van der Waals surface area contributed by atoms with Gasteiger partial charge in [-0.2, -0.15) is 0 Å². The van der Waals surface area contributed by atoms with E-state index in [1.807, 2.05) is 0 Å². The van der Waals surface area contributed by atoms with Crippen LogP contribution in [0, 0.1) is 0 Å². The Hall–Kier alpha value is -2.66. The summed E-state index contributed by atoms with van der Waals surface area (Å²) in [4.78, 5) is 24.4. The van der Waals surface area contributed by atoms with E-state index in [1.165, 1.54) is 154 Å². The minimum atomic E-state index is -0.776. The summed E-state index contributed by atoms with van der Waals surface area (Å²) in [7, 11) is 0. The Kier molecular flexibility index (Phi) is 50.4. The molecule has 0 aliphatic carbocycles. The molecule has 5 heteroatoms. The lowest BCUT2D eigenvalue weighted by atomic mass is 10.0. The molecular weight excluding hydrogens is 765 g/mol. The number of carbonyl (C=O) groups is 2. The van der Waals surface area contributed by atoms with Crippen molar-refractivity contribution in [2.45, 2.75) is 264 Å². The van der Waals surface area contributed by atoms with Gasteiger partial charge >= 0.3 is 11.9 Å². The number of esters is 2. The third kappa shape index (κ3) is 50.0. The first-order chi connectivity index (χ1) is 30.6. The van der Waals surface area contributed by atoms with Crippen LogP contribution in [0.25, 0.3) is 0 Å². The first-order valence-electron chi connectivity index (χ1n) is 26.5. The van der Waals surface area contributed by atoms with E-state index in [-0.39, 0.29) is 25.2 Å². The summed E-state index contributed by atoms with van der Waals surface area (Å²) in [6, 6.07) is 0. The molecule has 0 aromatic rings. The van der Waals surface area contributed by atoms with Gasteiger partial charge in [0, 0.05) is 12.8 Å². The summed E-state index contributed by atoms with van der Waals surface area (Å²) >= 11 is 0. The van der Waals surface area contributed by atoms with E-state index in [0.717, 1.165) is 77.0 Å². The molecule has 0 aliphatic heterocycles. The molecule has 0 aromatic heterocycles. The summed E-state index contributed by atoms with van der Waals surface area (Å²) in [6.07, 6.45) is 71.5. The average molecular weight is 865 g/mol. The SMILES string of the molecule is CC/C=C\C/C=C\C/C=C\C/C=C\C/C=C\CCCCCCCCCCCCCCCCCCCC(=O)OC(CO)COC(=O)CCCCCCC/C=C\CCCCCCCC. The van der Waals surface area contributed by atoms with Gasteiger partial charge in [0.2, 0.25) is 0 Å². The number of ether oxygens (including phenoxy) is 2. The molecule has 1 unspecified atom stereocenters. The molecule has 0 fully saturated rings. The van der Waals surface area contributed by atoms with E-state index in [4.69, 9.17) is 9.47 Å². The topological polar surface area (TPSA) is 72.8 Å². The molecule has 0 saturated carbocycles. The van der Waals surface area contributed by atoms with Crippen LogP contribution in [0.15, 0.2) is 72.9 Å². The summed E-state index contributed by atoms with van der Waals surface area (Å²) in [5.74, 6) is -0.594. The van der Waals surface area contributed by atoms with Crippen molar-refractivity contribution in [2.75, 3.05) is 13.2 Å². The number of allylic oxidation sites excluding steroid dienone is 12. The minimum absolute atomic E-state index is 0.0694. The molecule has 1 N–H and O–H groups in total. The van der Waals surface area contributed by atoms with Gasteiger partial charge < -0.3 is 14.6 Å². The Labute approximate surface area is 384 Å². The summed E-state index contributed by atoms with van der Waals surface area (Å²) in [5, 5.41) is 9.62. The molecule has 0 bridgehead atoms. The second kappa shape index (κ2) is 52.7. The predicted molar refractivity (Wildman–Crippen MR) is 270 cm³/mol. The number of hydrogen-bond donors (Lipinski definition) is 1. The molecule has 358 valence electrons. The Morgan fingerprint density at radius 1 is 0.387 bits per heavy atom. The highest BCUT2D eigenvalue weighted by atomic mass is 16.6. The number of aliphatic hydroxyl groups is 1. The van der Waals surface area contributed by atoms with E-state index >= 15 is 0 Å². The summed E-state index contributed by atoms with van der Waals surface area (Å²) in [5.41, 5.74) is 0. The second-order valence-corrected chi connectivity index (χ2v) is 17.6. The molecule has 0 aromatic carbocycles. The lowest BCUT2D eigenvalue weighted by molar-refractivity contribution is -0.161. The van der Waals surface area contributed by atoms with Gasteiger partial charge in [0.05, 0.1) is 6.61 Å². The van der Waals surface area contributed by atoms with Crippen LogP contribution in [0.1, 0.15) is 258 Å². The van der Waals surface area contributed by atoms with Crippen molar-refractivity contribution < 1.29 is 24.2 Å². The monoisotopic (exact) mass is 865 g/mol. The summed E-state index contributed by atoms with van der Waals surface area (Å²) < 4.78 is 10.7.